The number of benzene rings is 2. The van der Waals surface area contributed by atoms with Gasteiger partial charge in [0, 0.05) is 22.8 Å². The van der Waals surface area contributed by atoms with Gasteiger partial charge in [0.05, 0.1) is 13.2 Å². The van der Waals surface area contributed by atoms with Crippen molar-refractivity contribution >= 4 is 23.3 Å². The summed E-state index contributed by atoms with van der Waals surface area (Å²) in [5, 5.41) is 7.56. The number of amides is 1. The molecule has 5 nitrogen and oxygen atoms in total. The molecule has 31 heavy (non-hydrogen) atoms. The molecular weight excluding hydrogens is 438 g/mol. The van der Waals surface area contributed by atoms with E-state index in [1.807, 2.05) is 12.1 Å². The van der Waals surface area contributed by atoms with E-state index in [0.29, 0.717) is 22.9 Å². The molecule has 0 radical (unpaired) electrons. The normalized spacial score (nSPS) is 11.7. The molecule has 1 amide bonds. The molecule has 0 fully saturated rings. The largest absolute Gasteiger partial charge is 0.370 e. The molecule has 1 aromatic heterocycles. The van der Waals surface area contributed by atoms with E-state index in [4.69, 9.17) is 11.6 Å². The fourth-order valence-corrected chi connectivity index (χ4v) is 2.78. The lowest BCUT2D eigenvalue weighted by Gasteiger charge is -2.15. The lowest BCUT2D eigenvalue weighted by atomic mass is 10.1. The van der Waals surface area contributed by atoms with Gasteiger partial charge < -0.3 is 10.1 Å². The number of hydrogen-bond acceptors (Lipinski definition) is 3. The summed E-state index contributed by atoms with van der Waals surface area (Å²) in [7, 11) is 0. The number of alkyl halides is 4. The predicted molar refractivity (Wildman–Crippen MR) is 108 cm³/mol. The van der Waals surface area contributed by atoms with Crippen LogP contribution < -0.4 is 5.32 Å². The van der Waals surface area contributed by atoms with E-state index >= 15 is 0 Å². The molecule has 0 spiro atoms. The monoisotopic (exact) mass is 455 g/mol. The maximum Gasteiger partial charge on any atom is 0.330 e. The van der Waals surface area contributed by atoms with Crippen LogP contribution in [-0.2, 0) is 17.9 Å². The Labute approximate surface area is 180 Å². The molecule has 164 valence electrons. The van der Waals surface area contributed by atoms with Crippen LogP contribution in [0.25, 0.3) is 0 Å². The number of nitrogens with one attached hydrogen (secondary N) is 1. The molecular formula is C21H18ClF4N3O2. The van der Waals surface area contributed by atoms with Gasteiger partial charge in [-0.3, -0.25) is 9.48 Å². The molecule has 0 bridgehead atoms. The molecule has 0 aliphatic heterocycles. The smallest absolute Gasteiger partial charge is 0.330 e. The van der Waals surface area contributed by atoms with Crippen molar-refractivity contribution in [2.75, 3.05) is 11.9 Å². The molecule has 1 heterocycles. The molecule has 2 aromatic carbocycles. The Bertz CT molecular complexity index is 1030. The third kappa shape index (κ3) is 6.53. The average Bonchev–Trinajstić information content (AvgIpc) is 3.16. The lowest BCUT2D eigenvalue weighted by molar-refractivity contribution is -0.168. The number of hydrogen-bond donors (Lipinski definition) is 1. The molecule has 0 saturated heterocycles. The number of halogens is 5. The van der Waals surface area contributed by atoms with Crippen molar-refractivity contribution < 1.29 is 27.1 Å². The molecule has 3 aromatic rings. The van der Waals surface area contributed by atoms with Crippen molar-refractivity contribution in [3.05, 3.63) is 82.5 Å². The highest BCUT2D eigenvalue weighted by molar-refractivity contribution is 6.30. The summed E-state index contributed by atoms with van der Waals surface area (Å²) in [6.07, 6.45) is -2.10. The van der Waals surface area contributed by atoms with Crippen LogP contribution in [0.2, 0.25) is 5.02 Å². The minimum Gasteiger partial charge on any atom is -0.370 e. The Morgan fingerprint density at radius 2 is 1.87 bits per heavy atom. The molecule has 0 unspecified atom stereocenters. The van der Waals surface area contributed by atoms with E-state index in [-0.39, 0.29) is 12.2 Å². The highest BCUT2D eigenvalue weighted by Gasteiger charge is 2.40. The van der Waals surface area contributed by atoms with Crippen molar-refractivity contribution in [3.8, 4) is 0 Å². The number of anilines is 1. The molecule has 0 aliphatic carbocycles. The Hall–Kier alpha value is -2.91. The van der Waals surface area contributed by atoms with Gasteiger partial charge in [-0.05, 0) is 35.4 Å². The van der Waals surface area contributed by atoms with Crippen LogP contribution >= 0.6 is 11.6 Å². The number of carbonyl (C=O) groups is 1. The number of rotatable bonds is 9. The van der Waals surface area contributed by atoms with Crippen LogP contribution in [0.5, 0.6) is 0 Å². The number of ether oxygens (including phenoxy) is 1. The minimum absolute atomic E-state index is 0.244. The van der Waals surface area contributed by atoms with Crippen molar-refractivity contribution in [2.45, 2.75) is 25.5 Å². The van der Waals surface area contributed by atoms with Crippen LogP contribution in [-0.4, -0.2) is 34.6 Å². The number of nitrogens with zero attached hydrogens (tertiary/aromatic N) is 2. The predicted octanol–water partition coefficient (Wildman–Crippen LogP) is 5.25. The van der Waals surface area contributed by atoms with Gasteiger partial charge in [0.1, 0.15) is 6.61 Å². The lowest BCUT2D eigenvalue weighted by Crippen LogP contribution is -2.32. The van der Waals surface area contributed by atoms with Gasteiger partial charge in [-0.2, -0.15) is 13.9 Å². The summed E-state index contributed by atoms with van der Waals surface area (Å²) in [5.41, 5.74) is 1.62. The Morgan fingerprint density at radius 1 is 1.13 bits per heavy atom. The second-order valence-electron chi connectivity index (χ2n) is 6.73. The second kappa shape index (κ2) is 9.93. The fraction of sp³-hybridized carbons (Fsp3) is 0.238. The van der Waals surface area contributed by atoms with Crippen molar-refractivity contribution in [2.24, 2.45) is 0 Å². The van der Waals surface area contributed by atoms with Gasteiger partial charge in [-0.1, -0.05) is 35.9 Å². The van der Waals surface area contributed by atoms with Crippen molar-refractivity contribution in [3.63, 3.8) is 0 Å². The molecule has 0 aliphatic rings. The van der Waals surface area contributed by atoms with Gasteiger partial charge >= 0.3 is 12.3 Å². The topological polar surface area (TPSA) is 56.2 Å². The van der Waals surface area contributed by atoms with Crippen molar-refractivity contribution in [1.82, 2.24) is 9.78 Å². The van der Waals surface area contributed by atoms with Crippen LogP contribution in [0.4, 0.5) is 23.4 Å². The number of carbonyl (C=O) groups excluding carboxylic acids is 1. The highest BCUT2D eigenvalue weighted by Crippen LogP contribution is 2.23. The van der Waals surface area contributed by atoms with Crippen LogP contribution in [0.15, 0.2) is 60.8 Å². The number of aromatic nitrogens is 2. The third-order valence-corrected chi connectivity index (χ3v) is 4.46. The Kier molecular flexibility index (Phi) is 7.29. The zero-order valence-electron chi connectivity index (χ0n) is 16.1. The summed E-state index contributed by atoms with van der Waals surface area (Å²) in [5.74, 6) is -4.35. The van der Waals surface area contributed by atoms with Gasteiger partial charge in [0.2, 0.25) is 0 Å². The van der Waals surface area contributed by atoms with E-state index < -0.39 is 24.9 Å². The van der Waals surface area contributed by atoms with E-state index in [0.717, 1.165) is 5.56 Å². The average molecular weight is 456 g/mol. The first kappa shape index (κ1) is 22.8. The third-order valence-electron chi connectivity index (χ3n) is 4.21. The maximum absolute atomic E-state index is 12.9. The summed E-state index contributed by atoms with van der Waals surface area (Å²) >= 11 is 5.86. The second-order valence-corrected chi connectivity index (χ2v) is 7.17. The van der Waals surface area contributed by atoms with E-state index in [1.54, 1.807) is 29.1 Å². The summed E-state index contributed by atoms with van der Waals surface area (Å²) in [6.45, 7) is -1.26. The summed E-state index contributed by atoms with van der Waals surface area (Å²) in [6, 6.07) is 14.9. The first-order valence-electron chi connectivity index (χ1n) is 9.15. The van der Waals surface area contributed by atoms with Crippen molar-refractivity contribution in [1.29, 1.82) is 0 Å². The van der Waals surface area contributed by atoms with E-state index in [1.165, 1.54) is 24.3 Å². The molecule has 1 N–H and O–H groups in total. The zero-order valence-corrected chi connectivity index (χ0v) is 16.8. The van der Waals surface area contributed by atoms with Gasteiger partial charge in [0.25, 0.3) is 5.91 Å². The van der Waals surface area contributed by atoms with E-state index in [9.17, 15) is 22.4 Å². The Balaban J connectivity index is 1.56. The quantitative estimate of drug-likeness (QED) is 0.448. The molecule has 10 heteroatoms. The molecule has 0 atom stereocenters. The summed E-state index contributed by atoms with van der Waals surface area (Å²) in [4.78, 5) is 12.5. The van der Waals surface area contributed by atoms with Crippen LogP contribution in [0, 0.1) is 0 Å². The fourth-order valence-electron chi connectivity index (χ4n) is 2.65. The SMILES string of the molecule is O=C(Nc1ccn(Cc2ccc(Cl)cc2)n1)c1cccc(COCC(F)(F)C(F)F)c1. The molecule has 3 rings (SSSR count). The van der Waals surface area contributed by atoms with E-state index in [2.05, 4.69) is 15.2 Å². The maximum atomic E-state index is 12.9. The Morgan fingerprint density at radius 3 is 2.58 bits per heavy atom. The summed E-state index contributed by atoms with van der Waals surface area (Å²) < 4.78 is 56.4. The standard InChI is InChI=1S/C21H18ClF4N3O2/c22-17-6-4-14(5-7-17)11-29-9-8-18(28-29)27-19(30)16-3-1-2-15(10-16)12-31-13-21(25,26)20(23)24/h1-10,20H,11-13H2,(H,27,28,30). The van der Waals surface area contributed by atoms with Gasteiger partial charge in [-0.15, -0.1) is 0 Å². The van der Waals surface area contributed by atoms with Gasteiger partial charge in [-0.25, -0.2) is 8.78 Å². The minimum atomic E-state index is -4.22. The first-order valence-corrected chi connectivity index (χ1v) is 9.52. The first-order chi connectivity index (χ1) is 14.7. The zero-order chi connectivity index (χ0) is 22.4. The van der Waals surface area contributed by atoms with Crippen LogP contribution in [0.1, 0.15) is 21.5 Å². The van der Waals surface area contributed by atoms with Crippen LogP contribution in [0.3, 0.4) is 0 Å². The van der Waals surface area contributed by atoms with Gasteiger partial charge in [0.15, 0.2) is 5.82 Å². The highest BCUT2D eigenvalue weighted by atomic mass is 35.5. The molecule has 0 saturated carbocycles.